The van der Waals surface area contributed by atoms with E-state index in [1.165, 1.54) is 0 Å². The Morgan fingerprint density at radius 2 is 1.93 bits per heavy atom. The summed E-state index contributed by atoms with van der Waals surface area (Å²) in [7, 11) is 0. The third-order valence-corrected chi connectivity index (χ3v) is 5.64. The first-order valence-corrected chi connectivity index (χ1v) is 10.4. The standard InChI is InChI=1S/C21H26ClN7/c1-4-17-14(3)24-21(25-17)28-18-13(2)20(29-11-9-23-10-12-29)27-19(26-18)15-7-5-6-8-16(15)22/h5-8,17,23H,4,9-12H2,1-3H3,(H,25,26,27,28). The van der Waals surface area contributed by atoms with Crippen molar-refractivity contribution >= 4 is 34.9 Å². The molecule has 0 spiro atoms. The maximum Gasteiger partial charge on any atom is 0.224 e. The number of nitrogens with one attached hydrogen (secondary N) is 2. The molecule has 2 aromatic rings. The van der Waals surface area contributed by atoms with Crippen LogP contribution in [0.2, 0.25) is 5.02 Å². The second-order valence-corrected chi connectivity index (χ2v) is 7.72. The number of guanidine groups is 1. The smallest absolute Gasteiger partial charge is 0.224 e. The molecule has 1 fully saturated rings. The van der Waals surface area contributed by atoms with Crippen molar-refractivity contribution in [2.75, 3.05) is 36.4 Å². The molecule has 0 bridgehead atoms. The van der Waals surface area contributed by atoms with Gasteiger partial charge >= 0.3 is 0 Å². The van der Waals surface area contributed by atoms with E-state index in [9.17, 15) is 0 Å². The fourth-order valence-electron chi connectivity index (χ4n) is 3.64. The summed E-state index contributed by atoms with van der Waals surface area (Å²) in [5.41, 5.74) is 2.82. The van der Waals surface area contributed by atoms with Crippen molar-refractivity contribution < 1.29 is 0 Å². The van der Waals surface area contributed by atoms with Gasteiger partial charge in [0.1, 0.15) is 11.6 Å². The average Bonchev–Trinajstić information content (AvgIpc) is 3.10. The molecule has 1 atom stereocenters. The van der Waals surface area contributed by atoms with Gasteiger partial charge in [0, 0.05) is 43.0 Å². The molecule has 2 aliphatic heterocycles. The predicted octanol–water partition coefficient (Wildman–Crippen LogP) is 3.54. The molecule has 0 aliphatic carbocycles. The van der Waals surface area contributed by atoms with Gasteiger partial charge in [0.2, 0.25) is 5.96 Å². The number of hydrogen-bond donors (Lipinski definition) is 2. The molecule has 7 nitrogen and oxygen atoms in total. The first-order chi connectivity index (χ1) is 14.1. The molecule has 0 saturated carbocycles. The molecule has 0 amide bonds. The van der Waals surface area contributed by atoms with Gasteiger partial charge < -0.3 is 15.5 Å². The van der Waals surface area contributed by atoms with Crippen LogP contribution in [0.5, 0.6) is 0 Å². The molecule has 29 heavy (non-hydrogen) atoms. The van der Waals surface area contributed by atoms with E-state index in [0.29, 0.717) is 16.8 Å². The molecule has 152 valence electrons. The van der Waals surface area contributed by atoms with Crippen LogP contribution < -0.4 is 15.5 Å². The van der Waals surface area contributed by atoms with Crippen LogP contribution in [-0.2, 0) is 0 Å². The molecular formula is C21H26ClN7. The highest BCUT2D eigenvalue weighted by Gasteiger charge is 2.23. The summed E-state index contributed by atoms with van der Waals surface area (Å²) in [4.78, 5) is 21.2. The van der Waals surface area contributed by atoms with Gasteiger partial charge in [-0.15, -0.1) is 0 Å². The van der Waals surface area contributed by atoms with E-state index in [1.54, 1.807) is 0 Å². The Kier molecular flexibility index (Phi) is 5.78. The Balaban J connectivity index is 1.77. The number of aromatic nitrogens is 2. The Hall–Kier alpha value is -2.51. The number of rotatable bonds is 4. The quantitative estimate of drug-likeness (QED) is 0.804. The summed E-state index contributed by atoms with van der Waals surface area (Å²) in [5.74, 6) is 2.84. The fraction of sp³-hybridized carbons (Fsp3) is 0.429. The van der Waals surface area contributed by atoms with Gasteiger partial charge in [0.25, 0.3) is 0 Å². The first-order valence-electron chi connectivity index (χ1n) is 10.1. The highest BCUT2D eigenvalue weighted by atomic mass is 35.5. The average molecular weight is 412 g/mol. The van der Waals surface area contributed by atoms with Gasteiger partial charge in [-0.3, -0.25) is 0 Å². The highest BCUT2D eigenvalue weighted by Crippen LogP contribution is 2.31. The van der Waals surface area contributed by atoms with Gasteiger partial charge in [0.15, 0.2) is 5.82 Å². The lowest BCUT2D eigenvalue weighted by Gasteiger charge is -2.30. The van der Waals surface area contributed by atoms with Gasteiger partial charge in [-0.1, -0.05) is 30.7 Å². The molecule has 1 aromatic heterocycles. The molecule has 1 saturated heterocycles. The van der Waals surface area contributed by atoms with Crippen LogP contribution in [0.25, 0.3) is 11.4 Å². The minimum Gasteiger partial charge on any atom is -0.354 e. The highest BCUT2D eigenvalue weighted by molar-refractivity contribution is 6.33. The van der Waals surface area contributed by atoms with E-state index in [1.807, 2.05) is 38.1 Å². The Labute approximate surface area is 176 Å². The van der Waals surface area contributed by atoms with E-state index in [2.05, 4.69) is 32.4 Å². The van der Waals surface area contributed by atoms with Crippen molar-refractivity contribution in [3.63, 3.8) is 0 Å². The van der Waals surface area contributed by atoms with Gasteiger partial charge in [-0.05, 0) is 32.4 Å². The van der Waals surface area contributed by atoms with Gasteiger partial charge in [-0.25, -0.2) is 20.0 Å². The number of nitrogens with zero attached hydrogens (tertiary/aromatic N) is 5. The molecule has 0 radical (unpaired) electrons. The minimum atomic E-state index is 0.135. The summed E-state index contributed by atoms with van der Waals surface area (Å²) in [5, 5.41) is 7.36. The maximum atomic E-state index is 6.45. The van der Waals surface area contributed by atoms with Crippen molar-refractivity contribution in [3.8, 4) is 11.4 Å². The van der Waals surface area contributed by atoms with E-state index >= 15 is 0 Å². The topological polar surface area (TPSA) is 77.8 Å². The zero-order valence-corrected chi connectivity index (χ0v) is 17.8. The number of hydrogen-bond acceptors (Lipinski definition) is 7. The third kappa shape index (κ3) is 4.11. The van der Waals surface area contributed by atoms with Crippen molar-refractivity contribution in [2.24, 2.45) is 9.98 Å². The molecule has 4 rings (SSSR count). The number of piperazine rings is 1. The van der Waals surface area contributed by atoms with Crippen molar-refractivity contribution in [1.29, 1.82) is 0 Å². The number of benzene rings is 1. The van der Waals surface area contributed by atoms with Crippen LogP contribution in [0.1, 0.15) is 25.8 Å². The summed E-state index contributed by atoms with van der Waals surface area (Å²) in [6.45, 7) is 9.83. The maximum absolute atomic E-state index is 6.45. The molecule has 1 unspecified atom stereocenters. The number of halogens is 1. The van der Waals surface area contributed by atoms with Gasteiger partial charge in [0.05, 0.1) is 11.1 Å². The zero-order chi connectivity index (χ0) is 20.4. The molecule has 2 aliphatic rings. The Morgan fingerprint density at radius 1 is 1.17 bits per heavy atom. The first kappa shape index (κ1) is 19.8. The van der Waals surface area contributed by atoms with E-state index < -0.39 is 0 Å². The normalized spacial score (nSPS) is 19.2. The fourth-order valence-corrected chi connectivity index (χ4v) is 3.86. The monoisotopic (exact) mass is 411 g/mol. The van der Waals surface area contributed by atoms with E-state index in [0.717, 1.165) is 61.1 Å². The molecule has 2 N–H and O–H groups in total. The van der Waals surface area contributed by atoms with Crippen LogP contribution in [0, 0.1) is 6.92 Å². The van der Waals surface area contributed by atoms with Crippen LogP contribution in [-0.4, -0.2) is 53.9 Å². The van der Waals surface area contributed by atoms with Crippen molar-refractivity contribution in [2.45, 2.75) is 33.2 Å². The summed E-state index contributed by atoms with van der Waals surface area (Å²) >= 11 is 6.45. The number of aliphatic imine (C=N–C) groups is 2. The summed E-state index contributed by atoms with van der Waals surface area (Å²) < 4.78 is 0. The Morgan fingerprint density at radius 3 is 2.62 bits per heavy atom. The second-order valence-electron chi connectivity index (χ2n) is 7.32. The molecule has 8 heteroatoms. The lowest BCUT2D eigenvalue weighted by molar-refractivity contribution is 0.584. The third-order valence-electron chi connectivity index (χ3n) is 5.31. The van der Waals surface area contributed by atoms with Crippen LogP contribution >= 0.6 is 11.6 Å². The summed E-state index contributed by atoms with van der Waals surface area (Å²) in [6, 6.07) is 7.79. The summed E-state index contributed by atoms with van der Waals surface area (Å²) in [6.07, 6.45) is 0.931. The molecular weight excluding hydrogens is 386 g/mol. The number of anilines is 2. The lowest BCUT2D eigenvalue weighted by atomic mass is 10.2. The molecule has 1 aromatic carbocycles. The Bertz CT molecular complexity index is 963. The van der Waals surface area contributed by atoms with Crippen LogP contribution in [0.3, 0.4) is 0 Å². The minimum absolute atomic E-state index is 0.135. The van der Waals surface area contributed by atoms with Crippen molar-refractivity contribution in [3.05, 3.63) is 34.9 Å². The molecule has 3 heterocycles. The van der Waals surface area contributed by atoms with Crippen LogP contribution in [0.4, 0.5) is 11.6 Å². The SMILES string of the molecule is CCC1N=C(Nc2nc(-c3ccccc3Cl)nc(N3CCNCC3)c2C)N=C1C. The van der Waals surface area contributed by atoms with Gasteiger partial charge in [-0.2, -0.15) is 0 Å². The largest absolute Gasteiger partial charge is 0.354 e. The second kappa shape index (κ2) is 8.47. The van der Waals surface area contributed by atoms with Crippen molar-refractivity contribution in [1.82, 2.24) is 15.3 Å². The van der Waals surface area contributed by atoms with E-state index in [4.69, 9.17) is 21.6 Å². The lowest BCUT2D eigenvalue weighted by Crippen LogP contribution is -2.44. The zero-order valence-electron chi connectivity index (χ0n) is 17.0. The van der Waals surface area contributed by atoms with Crippen LogP contribution in [0.15, 0.2) is 34.3 Å². The predicted molar refractivity (Wildman–Crippen MR) is 121 cm³/mol. The van der Waals surface area contributed by atoms with E-state index in [-0.39, 0.29) is 6.04 Å².